The van der Waals surface area contributed by atoms with Crippen LogP contribution in [0.1, 0.15) is 52.6 Å². The maximum absolute atomic E-state index is 13.7. The van der Waals surface area contributed by atoms with Gasteiger partial charge in [0, 0.05) is 12.1 Å². The Morgan fingerprint density at radius 3 is 1.25 bits per heavy atom. The Labute approximate surface area is 309 Å². The van der Waals surface area contributed by atoms with E-state index in [2.05, 4.69) is 0 Å². The zero-order valence-corrected chi connectivity index (χ0v) is 28.1. The second-order valence-electron chi connectivity index (χ2n) is 12.9. The molecule has 14 heteroatoms. The quantitative estimate of drug-likeness (QED) is 0.0839. The van der Waals surface area contributed by atoms with E-state index in [1.165, 1.54) is 84.9 Å². The number of nitro groups is 2. The molecule has 4 amide bonds. The number of carbonyl (C=O) groups is 4. The third-order valence-electron chi connectivity index (χ3n) is 9.62. The highest BCUT2D eigenvalue weighted by Crippen LogP contribution is 2.43. The van der Waals surface area contributed by atoms with Gasteiger partial charge in [0.05, 0.1) is 55.6 Å². The van der Waals surface area contributed by atoms with Crippen molar-refractivity contribution in [3.63, 3.8) is 0 Å². The van der Waals surface area contributed by atoms with Gasteiger partial charge in [0.15, 0.2) is 0 Å². The van der Waals surface area contributed by atoms with Gasteiger partial charge in [-0.2, -0.15) is 0 Å². The lowest BCUT2D eigenvalue weighted by atomic mass is 10.0. The topological polar surface area (TPSA) is 179 Å². The predicted octanol–water partition coefficient (Wildman–Crippen LogP) is 8.26. The summed E-state index contributed by atoms with van der Waals surface area (Å²) in [4.78, 5) is 78.0. The summed E-state index contributed by atoms with van der Waals surface area (Å²) in [7, 11) is 0. The molecule has 2 heterocycles. The van der Waals surface area contributed by atoms with Crippen molar-refractivity contribution >= 4 is 46.4 Å². The number of hydrogen-bond acceptors (Lipinski definition) is 10. The van der Waals surface area contributed by atoms with E-state index >= 15 is 0 Å². The van der Waals surface area contributed by atoms with Crippen molar-refractivity contribution in [3.8, 4) is 34.1 Å². The van der Waals surface area contributed by atoms with Gasteiger partial charge >= 0.3 is 0 Å². The van der Waals surface area contributed by atoms with Crippen LogP contribution in [0.2, 0.25) is 0 Å². The first-order valence-electron chi connectivity index (χ1n) is 16.7. The number of ether oxygens (including phenoxy) is 2. The van der Waals surface area contributed by atoms with Crippen molar-refractivity contribution < 1.29 is 38.5 Å². The van der Waals surface area contributed by atoms with Crippen LogP contribution in [0.15, 0.2) is 121 Å². The molecule has 3 aliphatic rings. The minimum Gasteiger partial charge on any atom is -0.457 e. The minimum atomic E-state index is -0.573. The van der Waals surface area contributed by atoms with E-state index in [1.54, 1.807) is 24.3 Å². The van der Waals surface area contributed by atoms with Crippen LogP contribution in [-0.2, 0) is 6.42 Å². The zero-order chi connectivity index (χ0) is 38.1. The van der Waals surface area contributed by atoms with E-state index in [0.29, 0.717) is 17.8 Å². The van der Waals surface area contributed by atoms with Crippen molar-refractivity contribution in [2.45, 2.75) is 6.42 Å². The van der Waals surface area contributed by atoms with Crippen molar-refractivity contribution in [1.82, 2.24) is 0 Å². The Balaban J connectivity index is 0.978. The second-order valence-corrected chi connectivity index (χ2v) is 12.9. The molecule has 266 valence electrons. The number of anilines is 2. The van der Waals surface area contributed by atoms with Crippen LogP contribution in [0.5, 0.6) is 23.0 Å². The molecule has 0 N–H and O–H groups in total. The average molecular weight is 731 g/mol. The highest BCUT2D eigenvalue weighted by molar-refractivity contribution is 6.35. The molecule has 0 fully saturated rings. The van der Waals surface area contributed by atoms with Gasteiger partial charge < -0.3 is 9.47 Å². The van der Waals surface area contributed by atoms with Crippen LogP contribution in [-0.4, -0.2) is 33.5 Å². The average Bonchev–Trinajstić information content (AvgIpc) is 3.76. The first-order chi connectivity index (χ1) is 26.5. The molecular formula is C41H22N4O10. The molecule has 2 aliphatic heterocycles. The van der Waals surface area contributed by atoms with Crippen LogP contribution in [0.25, 0.3) is 11.1 Å². The summed E-state index contributed by atoms with van der Waals surface area (Å²) in [5.41, 5.74) is 4.18. The fourth-order valence-electron chi connectivity index (χ4n) is 7.05. The Morgan fingerprint density at radius 1 is 0.436 bits per heavy atom. The summed E-state index contributed by atoms with van der Waals surface area (Å²) in [6.07, 6.45) is 0.548. The number of amides is 4. The first kappa shape index (κ1) is 32.9. The Bertz CT molecular complexity index is 2570. The summed E-state index contributed by atoms with van der Waals surface area (Å²) < 4.78 is 11.6. The molecule has 0 unspecified atom stereocenters. The summed E-state index contributed by atoms with van der Waals surface area (Å²) in [6.45, 7) is 0. The third kappa shape index (κ3) is 5.44. The van der Waals surface area contributed by atoms with E-state index in [-0.39, 0.29) is 56.6 Å². The molecule has 0 saturated heterocycles. The smallest absolute Gasteiger partial charge is 0.273 e. The van der Waals surface area contributed by atoms with Gasteiger partial charge in [-0.25, -0.2) is 9.80 Å². The first-order valence-corrected chi connectivity index (χ1v) is 16.7. The van der Waals surface area contributed by atoms with Crippen molar-refractivity contribution in [2.24, 2.45) is 0 Å². The van der Waals surface area contributed by atoms with Crippen molar-refractivity contribution in [1.29, 1.82) is 0 Å². The van der Waals surface area contributed by atoms with Gasteiger partial charge in [0.2, 0.25) is 0 Å². The van der Waals surface area contributed by atoms with Crippen LogP contribution in [0, 0.1) is 20.2 Å². The number of non-ortho nitro benzene ring substituents is 2. The SMILES string of the molecule is O=C1c2ccc(Oc3cccc([N+](=O)[O-])c3)cc2C(=O)N1c1ccc2c(c1)-c1cc(N3C(=O)c4ccc(Oc5cccc([N+](=O)[O-])c5)cc4C3=O)ccc1C2. The number of rotatable bonds is 8. The molecule has 0 bridgehead atoms. The summed E-state index contributed by atoms with van der Waals surface area (Å²) in [5.74, 6) is -1.39. The predicted molar refractivity (Wildman–Crippen MR) is 196 cm³/mol. The summed E-state index contributed by atoms with van der Waals surface area (Å²) in [6, 6.07) is 30.5. The molecule has 6 aromatic rings. The maximum Gasteiger partial charge on any atom is 0.273 e. The van der Waals surface area contributed by atoms with Gasteiger partial charge in [-0.15, -0.1) is 0 Å². The normalized spacial score (nSPS) is 13.7. The van der Waals surface area contributed by atoms with Crippen LogP contribution in [0.3, 0.4) is 0 Å². The maximum atomic E-state index is 13.7. The van der Waals surface area contributed by atoms with Gasteiger partial charge in [-0.3, -0.25) is 39.4 Å². The van der Waals surface area contributed by atoms with Crippen molar-refractivity contribution in [3.05, 3.63) is 175 Å². The van der Waals surface area contributed by atoms with Crippen LogP contribution in [0.4, 0.5) is 22.7 Å². The number of benzene rings is 6. The van der Waals surface area contributed by atoms with Crippen LogP contribution < -0.4 is 19.3 Å². The Morgan fingerprint density at radius 2 is 0.836 bits per heavy atom. The fraction of sp³-hybridized carbons (Fsp3) is 0.0244. The number of nitro benzene ring substituents is 2. The fourth-order valence-corrected chi connectivity index (χ4v) is 7.05. The summed E-state index contributed by atoms with van der Waals surface area (Å²) in [5, 5.41) is 22.4. The molecule has 0 aromatic heterocycles. The third-order valence-corrected chi connectivity index (χ3v) is 9.62. The molecule has 0 atom stereocenters. The second kappa shape index (κ2) is 12.3. The van der Waals surface area contributed by atoms with Crippen LogP contribution >= 0.6 is 0 Å². The number of fused-ring (bicyclic) bond motifs is 5. The minimum absolute atomic E-state index is 0.111. The van der Waals surface area contributed by atoms with E-state index in [0.717, 1.165) is 32.1 Å². The van der Waals surface area contributed by atoms with E-state index in [1.807, 2.05) is 12.1 Å². The molecule has 1 aliphatic carbocycles. The number of hydrogen-bond donors (Lipinski definition) is 0. The molecule has 0 spiro atoms. The molecule has 14 nitrogen and oxygen atoms in total. The highest BCUT2D eigenvalue weighted by Gasteiger charge is 2.39. The monoisotopic (exact) mass is 730 g/mol. The number of imide groups is 2. The van der Waals surface area contributed by atoms with Gasteiger partial charge in [-0.1, -0.05) is 24.3 Å². The lowest BCUT2D eigenvalue weighted by Crippen LogP contribution is -2.29. The van der Waals surface area contributed by atoms with E-state index in [9.17, 15) is 39.4 Å². The molecule has 6 aromatic carbocycles. The molecule has 0 saturated carbocycles. The number of carbonyl (C=O) groups excluding carboxylic acids is 4. The van der Waals surface area contributed by atoms with Gasteiger partial charge in [0.25, 0.3) is 35.0 Å². The van der Waals surface area contributed by atoms with E-state index in [4.69, 9.17) is 9.47 Å². The summed E-state index contributed by atoms with van der Waals surface area (Å²) >= 11 is 0. The number of nitrogens with zero attached hydrogens (tertiary/aromatic N) is 4. The highest BCUT2D eigenvalue weighted by atomic mass is 16.6. The largest absolute Gasteiger partial charge is 0.457 e. The van der Waals surface area contributed by atoms with E-state index < -0.39 is 33.5 Å². The van der Waals surface area contributed by atoms with Crippen molar-refractivity contribution in [2.75, 3.05) is 9.80 Å². The molecule has 9 rings (SSSR count). The lowest BCUT2D eigenvalue weighted by Gasteiger charge is -2.17. The standard InChI is InChI=1S/C41H22N4O10/c46-38-32-13-11-30(54-28-5-1-3-26(16-28)44(50)51)20-36(32)40(48)42(38)24-9-7-22-15-23-8-10-25(19-35(23)34(22)18-24)43-39(47)33-14-12-31(21-37(33)41(43)49)55-29-6-2-4-27(17-29)45(52)53/h1-14,16-21H,15H2. The lowest BCUT2D eigenvalue weighted by molar-refractivity contribution is -0.385. The van der Waals surface area contributed by atoms with Gasteiger partial charge in [-0.05, 0) is 101 Å². The molecule has 55 heavy (non-hydrogen) atoms. The van der Waals surface area contributed by atoms with Gasteiger partial charge in [0.1, 0.15) is 23.0 Å². The Hall–Kier alpha value is -8.00. The zero-order valence-electron chi connectivity index (χ0n) is 28.1. The Kier molecular flexibility index (Phi) is 7.36. The molecule has 0 radical (unpaired) electrons. The molecular weight excluding hydrogens is 708 g/mol.